The molecule has 1 saturated heterocycles. The van der Waals surface area contributed by atoms with Crippen LogP contribution in [0, 0.1) is 10.1 Å². The standard InChI is InChI=1S/C23H18N4O5S/c1-2-25-21(28)20(33-23(25)24-16-10-8-15(9-11-16)22(29)30)14-18-7-4-12-26(18)17-5-3-6-19(13-17)27(31)32/h3-14H,2H2,1H3,(H,29,30)/b20-14-,24-23?. The SMILES string of the molecule is CCN1C(=O)/C(=C/c2cccn2-c2cccc([N+](=O)[O-])c2)SC1=Nc1ccc(C(=O)O)cc1. The van der Waals surface area contributed by atoms with E-state index in [1.54, 1.807) is 52.1 Å². The first-order chi connectivity index (χ1) is 15.9. The van der Waals surface area contributed by atoms with Gasteiger partial charge in [-0.15, -0.1) is 0 Å². The smallest absolute Gasteiger partial charge is 0.335 e. The molecule has 1 amide bonds. The minimum atomic E-state index is -1.02. The lowest BCUT2D eigenvalue weighted by Gasteiger charge is -2.12. The molecule has 2 aromatic carbocycles. The van der Waals surface area contributed by atoms with E-state index in [0.717, 1.165) is 0 Å². The number of aliphatic imine (C=N–C) groups is 1. The van der Waals surface area contributed by atoms with E-state index in [1.165, 1.54) is 36.0 Å². The lowest BCUT2D eigenvalue weighted by molar-refractivity contribution is -0.384. The van der Waals surface area contributed by atoms with Crippen LogP contribution in [0.15, 0.2) is 76.8 Å². The normalized spacial score (nSPS) is 16.0. The van der Waals surface area contributed by atoms with E-state index in [-0.39, 0.29) is 17.2 Å². The zero-order valence-electron chi connectivity index (χ0n) is 17.4. The molecule has 0 spiro atoms. The molecule has 0 unspecified atom stereocenters. The van der Waals surface area contributed by atoms with Gasteiger partial charge < -0.3 is 9.67 Å². The molecule has 1 fully saturated rings. The van der Waals surface area contributed by atoms with E-state index in [4.69, 9.17) is 5.11 Å². The largest absolute Gasteiger partial charge is 0.478 e. The summed E-state index contributed by atoms with van der Waals surface area (Å²) in [6.45, 7) is 2.26. The summed E-state index contributed by atoms with van der Waals surface area (Å²) in [5.74, 6) is -1.22. The number of hydrogen-bond acceptors (Lipinski definition) is 6. The third-order valence-corrected chi connectivity index (χ3v) is 5.93. The summed E-state index contributed by atoms with van der Waals surface area (Å²) >= 11 is 1.22. The number of thioether (sulfide) groups is 1. The van der Waals surface area contributed by atoms with E-state index in [2.05, 4.69) is 4.99 Å². The number of non-ortho nitro benzene ring substituents is 1. The monoisotopic (exact) mass is 462 g/mol. The van der Waals surface area contributed by atoms with Crippen molar-refractivity contribution in [3.8, 4) is 5.69 Å². The van der Waals surface area contributed by atoms with Crippen molar-refractivity contribution < 1.29 is 19.6 Å². The van der Waals surface area contributed by atoms with Crippen LogP contribution in [-0.2, 0) is 4.79 Å². The zero-order chi connectivity index (χ0) is 23.5. The lowest BCUT2D eigenvalue weighted by atomic mass is 10.2. The number of carboxylic acid groups (broad SMARTS) is 1. The summed E-state index contributed by atoms with van der Waals surface area (Å²) < 4.78 is 1.77. The van der Waals surface area contributed by atoms with Crippen LogP contribution in [0.1, 0.15) is 23.0 Å². The van der Waals surface area contributed by atoms with Crippen LogP contribution in [0.4, 0.5) is 11.4 Å². The number of nitrogens with zero attached hydrogens (tertiary/aromatic N) is 4. The van der Waals surface area contributed by atoms with Crippen LogP contribution >= 0.6 is 11.8 Å². The molecule has 0 saturated carbocycles. The molecule has 3 aromatic rings. The van der Waals surface area contributed by atoms with Crippen LogP contribution < -0.4 is 0 Å². The number of likely N-dealkylation sites (N-methyl/N-ethyl adjacent to an activating group) is 1. The average Bonchev–Trinajstić information content (AvgIpc) is 3.38. The summed E-state index contributed by atoms with van der Waals surface area (Å²) in [6, 6.07) is 16.0. The topological polar surface area (TPSA) is 118 Å². The van der Waals surface area contributed by atoms with E-state index >= 15 is 0 Å². The number of benzene rings is 2. The number of nitro benzene ring substituents is 1. The summed E-state index contributed by atoms with van der Waals surface area (Å²) in [6.07, 6.45) is 3.50. The van der Waals surface area contributed by atoms with E-state index in [0.29, 0.717) is 33.7 Å². The van der Waals surface area contributed by atoms with Gasteiger partial charge in [-0.25, -0.2) is 9.79 Å². The molecule has 1 aromatic heterocycles. The number of aromatic nitrogens is 1. The predicted molar refractivity (Wildman–Crippen MR) is 126 cm³/mol. The molecule has 1 aliphatic heterocycles. The summed E-state index contributed by atoms with van der Waals surface area (Å²) in [5.41, 5.74) is 1.97. The van der Waals surface area contributed by atoms with Gasteiger partial charge in [-0.1, -0.05) is 6.07 Å². The summed E-state index contributed by atoms with van der Waals surface area (Å²) in [4.78, 5) is 41.2. The highest BCUT2D eigenvalue weighted by Gasteiger charge is 2.32. The third kappa shape index (κ3) is 4.55. The second-order valence-electron chi connectivity index (χ2n) is 6.99. The molecule has 166 valence electrons. The van der Waals surface area contributed by atoms with Crippen molar-refractivity contribution >= 4 is 46.3 Å². The number of carbonyl (C=O) groups excluding carboxylic acids is 1. The number of hydrogen-bond donors (Lipinski definition) is 1. The van der Waals surface area contributed by atoms with Crippen LogP contribution in [0.3, 0.4) is 0 Å². The quantitative estimate of drug-likeness (QED) is 0.322. The fourth-order valence-electron chi connectivity index (χ4n) is 3.30. The second-order valence-corrected chi connectivity index (χ2v) is 8.00. The Morgan fingerprint density at radius 3 is 2.61 bits per heavy atom. The van der Waals surface area contributed by atoms with Gasteiger partial charge in [0.25, 0.3) is 11.6 Å². The van der Waals surface area contributed by atoms with Gasteiger partial charge in [0.1, 0.15) is 0 Å². The summed E-state index contributed by atoms with van der Waals surface area (Å²) in [5, 5.41) is 20.7. The van der Waals surface area contributed by atoms with Gasteiger partial charge in [-0.2, -0.15) is 0 Å². The molecule has 0 atom stereocenters. The van der Waals surface area contributed by atoms with Crippen molar-refractivity contribution in [2.45, 2.75) is 6.92 Å². The Hall–Kier alpha value is -4.18. The van der Waals surface area contributed by atoms with Crippen molar-refractivity contribution in [2.24, 2.45) is 4.99 Å². The average molecular weight is 462 g/mol. The molecule has 0 bridgehead atoms. The van der Waals surface area contributed by atoms with Crippen molar-refractivity contribution in [2.75, 3.05) is 6.54 Å². The minimum absolute atomic E-state index is 0.0217. The number of rotatable bonds is 6. The van der Waals surface area contributed by atoms with Crippen LogP contribution in [0.25, 0.3) is 11.8 Å². The maximum atomic E-state index is 13.0. The lowest BCUT2D eigenvalue weighted by Crippen LogP contribution is -2.28. The Labute approximate surface area is 192 Å². The van der Waals surface area contributed by atoms with Gasteiger partial charge in [0.05, 0.1) is 26.8 Å². The molecular formula is C23H18N4O5S. The van der Waals surface area contributed by atoms with E-state index in [1.807, 2.05) is 13.0 Å². The maximum Gasteiger partial charge on any atom is 0.335 e. The van der Waals surface area contributed by atoms with Gasteiger partial charge >= 0.3 is 5.97 Å². The van der Waals surface area contributed by atoms with Crippen LogP contribution in [-0.4, -0.2) is 43.1 Å². The number of aromatic carboxylic acids is 1. The molecule has 4 rings (SSSR count). The first-order valence-corrected chi connectivity index (χ1v) is 10.7. The fraction of sp³-hybridized carbons (Fsp3) is 0.0870. The molecule has 0 radical (unpaired) electrons. The number of carboxylic acids is 1. The number of amidine groups is 1. The molecule has 9 nitrogen and oxygen atoms in total. The minimum Gasteiger partial charge on any atom is -0.478 e. The molecule has 0 aliphatic carbocycles. The number of amides is 1. The molecule has 10 heteroatoms. The van der Waals surface area contributed by atoms with Gasteiger partial charge in [-0.05, 0) is 67.2 Å². The molecule has 33 heavy (non-hydrogen) atoms. The molecular weight excluding hydrogens is 444 g/mol. The highest BCUT2D eigenvalue weighted by atomic mass is 32.2. The highest BCUT2D eigenvalue weighted by Crippen LogP contribution is 2.34. The third-order valence-electron chi connectivity index (χ3n) is 4.92. The highest BCUT2D eigenvalue weighted by molar-refractivity contribution is 8.18. The molecule has 1 aliphatic rings. The van der Waals surface area contributed by atoms with Gasteiger partial charge in [0.2, 0.25) is 0 Å². The van der Waals surface area contributed by atoms with Crippen molar-refractivity contribution in [3.63, 3.8) is 0 Å². The van der Waals surface area contributed by atoms with Gasteiger partial charge in [0, 0.05) is 30.6 Å². The summed E-state index contributed by atoms with van der Waals surface area (Å²) in [7, 11) is 0. The van der Waals surface area contributed by atoms with Crippen molar-refractivity contribution in [1.82, 2.24) is 9.47 Å². The van der Waals surface area contributed by atoms with E-state index < -0.39 is 10.9 Å². The van der Waals surface area contributed by atoms with Crippen molar-refractivity contribution in [3.05, 3.63) is 93.1 Å². The van der Waals surface area contributed by atoms with Gasteiger partial charge in [-0.3, -0.25) is 19.8 Å². The fourth-order valence-corrected chi connectivity index (χ4v) is 4.34. The number of nitro groups is 1. The van der Waals surface area contributed by atoms with Crippen molar-refractivity contribution in [1.29, 1.82) is 0 Å². The molecule has 2 heterocycles. The van der Waals surface area contributed by atoms with Crippen LogP contribution in [0.2, 0.25) is 0 Å². The van der Waals surface area contributed by atoms with Gasteiger partial charge in [0.15, 0.2) is 5.17 Å². The Morgan fingerprint density at radius 1 is 1.18 bits per heavy atom. The Morgan fingerprint density at radius 2 is 1.94 bits per heavy atom. The first-order valence-electron chi connectivity index (χ1n) is 9.93. The molecule has 1 N–H and O–H groups in total. The maximum absolute atomic E-state index is 13.0. The Bertz CT molecular complexity index is 1310. The Kier molecular flexibility index (Phi) is 6.09. The Balaban J connectivity index is 1.66. The second kappa shape index (κ2) is 9.13. The first kappa shape index (κ1) is 22.0. The van der Waals surface area contributed by atoms with Crippen LogP contribution in [0.5, 0.6) is 0 Å². The van der Waals surface area contributed by atoms with E-state index in [9.17, 15) is 19.7 Å². The predicted octanol–water partition coefficient (Wildman–Crippen LogP) is 4.71. The number of carbonyl (C=O) groups is 2. The zero-order valence-corrected chi connectivity index (χ0v) is 18.2.